The van der Waals surface area contributed by atoms with Crippen LogP contribution in [0.2, 0.25) is 0 Å². The van der Waals surface area contributed by atoms with E-state index in [-0.39, 0.29) is 18.1 Å². The summed E-state index contributed by atoms with van der Waals surface area (Å²) in [5.41, 5.74) is 4.37. The number of aliphatic hydroxyl groups excluding tert-OH is 1. The molecule has 0 atom stereocenters. The summed E-state index contributed by atoms with van der Waals surface area (Å²) in [4.78, 5) is 11.3. The average Bonchev–Trinajstić information content (AvgIpc) is 2.67. The van der Waals surface area contributed by atoms with Gasteiger partial charge in [0.25, 0.3) is 0 Å². The summed E-state index contributed by atoms with van der Waals surface area (Å²) in [6.45, 7) is 3.31. The zero-order chi connectivity index (χ0) is 9.41. The molecule has 0 unspecified atom stereocenters. The third kappa shape index (κ3) is 1.95. The van der Waals surface area contributed by atoms with Gasteiger partial charge in [-0.15, -0.1) is 0 Å². The number of nitrogens with one attached hydrogen (secondary N) is 1. The van der Waals surface area contributed by atoms with Crippen LogP contribution in [0.15, 0.2) is 0 Å². The van der Waals surface area contributed by atoms with Gasteiger partial charge in [0, 0.05) is 0 Å². The molecular formula is C8H16N2O2. The Morgan fingerprint density at radius 3 is 2.42 bits per heavy atom. The minimum atomic E-state index is -0.856. The second-order valence-corrected chi connectivity index (χ2v) is 4.11. The topological polar surface area (TPSA) is 75.4 Å². The highest BCUT2D eigenvalue weighted by atomic mass is 16.3. The Balaban J connectivity index is 2.47. The molecule has 4 N–H and O–H groups in total. The maximum atomic E-state index is 11.3. The van der Waals surface area contributed by atoms with Gasteiger partial charge in [-0.1, -0.05) is 0 Å². The summed E-state index contributed by atoms with van der Waals surface area (Å²) < 4.78 is 0. The number of hydrogen-bond acceptors (Lipinski definition) is 3. The first-order chi connectivity index (χ1) is 5.40. The Bertz CT molecular complexity index is 192. The maximum Gasteiger partial charge on any atom is 0.240 e. The van der Waals surface area contributed by atoms with Crippen LogP contribution in [0.4, 0.5) is 0 Å². The zero-order valence-electron chi connectivity index (χ0n) is 7.55. The van der Waals surface area contributed by atoms with Crippen molar-refractivity contribution in [1.29, 1.82) is 0 Å². The van der Waals surface area contributed by atoms with Gasteiger partial charge in [0.2, 0.25) is 5.91 Å². The molecule has 4 nitrogen and oxygen atoms in total. The van der Waals surface area contributed by atoms with Crippen molar-refractivity contribution in [1.82, 2.24) is 5.32 Å². The molecule has 0 radical (unpaired) electrons. The predicted molar refractivity (Wildman–Crippen MR) is 45.5 cm³/mol. The monoisotopic (exact) mass is 172 g/mol. The van der Waals surface area contributed by atoms with Crippen LogP contribution < -0.4 is 11.1 Å². The van der Waals surface area contributed by atoms with E-state index in [0.29, 0.717) is 0 Å². The third-order valence-electron chi connectivity index (χ3n) is 2.12. The number of carbonyl (C=O) groups excluding carboxylic acids is 1. The van der Waals surface area contributed by atoms with Crippen LogP contribution >= 0.6 is 0 Å². The number of aliphatic hydroxyl groups is 1. The SMILES string of the molecule is CC(C)(N)C(=O)NC1(CO)CC1. The summed E-state index contributed by atoms with van der Waals surface area (Å²) in [5.74, 6) is -0.200. The van der Waals surface area contributed by atoms with Crippen molar-refractivity contribution in [3.63, 3.8) is 0 Å². The molecule has 1 aliphatic rings. The van der Waals surface area contributed by atoms with Gasteiger partial charge in [-0.3, -0.25) is 4.79 Å². The molecule has 0 aromatic carbocycles. The highest BCUT2D eigenvalue weighted by Gasteiger charge is 2.45. The normalized spacial score (nSPS) is 20.3. The lowest BCUT2D eigenvalue weighted by molar-refractivity contribution is -0.126. The van der Waals surface area contributed by atoms with Gasteiger partial charge in [-0.25, -0.2) is 0 Å². The molecule has 0 spiro atoms. The van der Waals surface area contributed by atoms with E-state index in [1.165, 1.54) is 0 Å². The van der Waals surface area contributed by atoms with Crippen LogP contribution in [0.5, 0.6) is 0 Å². The van der Waals surface area contributed by atoms with E-state index in [9.17, 15) is 4.79 Å². The third-order valence-corrected chi connectivity index (χ3v) is 2.12. The molecule has 1 saturated carbocycles. The van der Waals surface area contributed by atoms with Gasteiger partial charge in [0.15, 0.2) is 0 Å². The van der Waals surface area contributed by atoms with E-state index in [0.717, 1.165) is 12.8 Å². The van der Waals surface area contributed by atoms with Crippen LogP contribution in [0.3, 0.4) is 0 Å². The molecule has 0 aromatic heterocycles. The van der Waals surface area contributed by atoms with Crippen LogP contribution in [0.1, 0.15) is 26.7 Å². The second kappa shape index (κ2) is 2.71. The van der Waals surface area contributed by atoms with Crippen molar-refractivity contribution in [3.05, 3.63) is 0 Å². The molecule has 1 aliphatic carbocycles. The van der Waals surface area contributed by atoms with E-state index >= 15 is 0 Å². The summed E-state index contributed by atoms with van der Waals surface area (Å²) in [6.07, 6.45) is 1.70. The fourth-order valence-electron chi connectivity index (χ4n) is 0.875. The average molecular weight is 172 g/mol. The van der Waals surface area contributed by atoms with E-state index in [4.69, 9.17) is 10.8 Å². The van der Waals surface area contributed by atoms with Gasteiger partial charge in [-0.05, 0) is 26.7 Å². The molecule has 1 amide bonds. The molecule has 4 heteroatoms. The molecule has 0 bridgehead atoms. The number of carbonyl (C=O) groups is 1. The number of rotatable bonds is 3. The van der Waals surface area contributed by atoms with E-state index in [1.54, 1.807) is 13.8 Å². The van der Waals surface area contributed by atoms with Crippen LogP contribution in [0.25, 0.3) is 0 Å². The molecule has 0 aliphatic heterocycles. The predicted octanol–water partition coefficient (Wildman–Crippen LogP) is -0.635. The fourth-order valence-corrected chi connectivity index (χ4v) is 0.875. The fraction of sp³-hybridized carbons (Fsp3) is 0.875. The second-order valence-electron chi connectivity index (χ2n) is 4.11. The van der Waals surface area contributed by atoms with E-state index in [1.807, 2.05) is 0 Å². The van der Waals surface area contributed by atoms with Crippen molar-refractivity contribution in [3.8, 4) is 0 Å². The minimum Gasteiger partial charge on any atom is -0.394 e. The molecular weight excluding hydrogens is 156 g/mol. The molecule has 0 heterocycles. The first-order valence-corrected chi connectivity index (χ1v) is 4.12. The lowest BCUT2D eigenvalue weighted by Crippen LogP contribution is -2.54. The number of amides is 1. The smallest absolute Gasteiger partial charge is 0.240 e. The Hall–Kier alpha value is -0.610. The van der Waals surface area contributed by atoms with Gasteiger partial charge in [0.1, 0.15) is 0 Å². The van der Waals surface area contributed by atoms with Crippen LogP contribution in [-0.4, -0.2) is 28.7 Å². The molecule has 0 aromatic rings. The molecule has 12 heavy (non-hydrogen) atoms. The highest BCUT2D eigenvalue weighted by Crippen LogP contribution is 2.34. The Morgan fingerprint density at radius 1 is 1.67 bits per heavy atom. The molecule has 70 valence electrons. The Labute approximate surface area is 72.1 Å². The molecule has 1 rings (SSSR count). The standard InChI is InChI=1S/C8H16N2O2/c1-7(2,9)6(12)10-8(5-11)3-4-8/h11H,3-5,9H2,1-2H3,(H,10,12). The molecule has 0 saturated heterocycles. The Kier molecular flexibility index (Phi) is 2.14. The largest absolute Gasteiger partial charge is 0.394 e. The van der Waals surface area contributed by atoms with Crippen molar-refractivity contribution in [2.45, 2.75) is 37.8 Å². The quantitative estimate of drug-likeness (QED) is 0.530. The lowest BCUT2D eigenvalue weighted by atomic mass is 10.1. The first kappa shape index (κ1) is 9.48. The van der Waals surface area contributed by atoms with Gasteiger partial charge < -0.3 is 16.2 Å². The summed E-state index contributed by atoms with van der Waals surface area (Å²) >= 11 is 0. The number of nitrogens with two attached hydrogens (primary N) is 1. The maximum absolute atomic E-state index is 11.3. The number of hydrogen-bond donors (Lipinski definition) is 3. The van der Waals surface area contributed by atoms with Crippen molar-refractivity contribution in [2.24, 2.45) is 5.73 Å². The van der Waals surface area contributed by atoms with Crippen LogP contribution in [-0.2, 0) is 4.79 Å². The van der Waals surface area contributed by atoms with Crippen molar-refractivity contribution in [2.75, 3.05) is 6.61 Å². The van der Waals surface area contributed by atoms with Gasteiger partial charge in [0.05, 0.1) is 17.7 Å². The first-order valence-electron chi connectivity index (χ1n) is 4.12. The molecule has 1 fully saturated rings. The van der Waals surface area contributed by atoms with Gasteiger partial charge in [-0.2, -0.15) is 0 Å². The van der Waals surface area contributed by atoms with Crippen molar-refractivity contribution >= 4 is 5.91 Å². The highest BCUT2D eigenvalue weighted by molar-refractivity contribution is 5.86. The lowest BCUT2D eigenvalue weighted by Gasteiger charge is -2.22. The van der Waals surface area contributed by atoms with E-state index in [2.05, 4.69) is 5.32 Å². The zero-order valence-corrected chi connectivity index (χ0v) is 7.55. The van der Waals surface area contributed by atoms with Gasteiger partial charge >= 0.3 is 0 Å². The summed E-state index contributed by atoms with van der Waals surface area (Å²) in [5, 5.41) is 11.7. The minimum absolute atomic E-state index is 0.00875. The summed E-state index contributed by atoms with van der Waals surface area (Å²) in [7, 11) is 0. The Morgan fingerprint density at radius 2 is 2.17 bits per heavy atom. The summed E-state index contributed by atoms with van der Waals surface area (Å²) in [6, 6.07) is 0. The van der Waals surface area contributed by atoms with E-state index < -0.39 is 5.54 Å². The van der Waals surface area contributed by atoms with Crippen LogP contribution in [0, 0.1) is 0 Å². The van der Waals surface area contributed by atoms with Crippen molar-refractivity contribution < 1.29 is 9.90 Å².